The zero-order valence-corrected chi connectivity index (χ0v) is 19.5. The minimum absolute atomic E-state index is 0.120. The molecule has 34 heavy (non-hydrogen) atoms. The summed E-state index contributed by atoms with van der Waals surface area (Å²) in [7, 11) is 0. The Morgan fingerprint density at radius 1 is 1.06 bits per heavy atom. The number of piperidine rings is 1. The second-order valence-electron chi connectivity index (χ2n) is 9.47. The van der Waals surface area contributed by atoms with Crippen LogP contribution in [0.1, 0.15) is 30.0 Å². The molecule has 0 radical (unpaired) electrons. The zero-order valence-electron chi connectivity index (χ0n) is 18.7. The lowest BCUT2D eigenvalue weighted by Crippen LogP contribution is -2.44. The van der Waals surface area contributed by atoms with Gasteiger partial charge in [-0.15, -0.1) is 0 Å². The molecular weight excluding hydrogens is 442 g/mol. The molecular formula is C26H25N7S. The van der Waals surface area contributed by atoms with Gasteiger partial charge in [-0.05, 0) is 59.4 Å². The van der Waals surface area contributed by atoms with Crippen LogP contribution >= 0.6 is 11.8 Å². The average Bonchev–Trinajstić information content (AvgIpc) is 3.56. The maximum Gasteiger partial charge on any atom is 0.206 e. The van der Waals surface area contributed by atoms with Gasteiger partial charge in [-0.25, -0.2) is 9.97 Å². The highest BCUT2D eigenvalue weighted by Crippen LogP contribution is 2.50. The minimum Gasteiger partial charge on any atom is -0.361 e. The van der Waals surface area contributed by atoms with Crippen LogP contribution in [0, 0.1) is 5.41 Å². The predicted octanol–water partition coefficient (Wildman–Crippen LogP) is 4.83. The first-order chi connectivity index (χ1) is 16.7. The Hall–Kier alpha value is -3.36. The molecule has 5 aromatic rings. The third kappa shape index (κ3) is 3.20. The number of nitrogens with zero attached hydrogens (tertiary/aromatic N) is 4. The Labute approximate surface area is 201 Å². The molecule has 2 aromatic carbocycles. The normalized spacial score (nSPS) is 19.3. The summed E-state index contributed by atoms with van der Waals surface area (Å²) in [5, 5.41) is 2.05. The molecule has 1 aliphatic heterocycles. The summed E-state index contributed by atoms with van der Waals surface area (Å²) in [6, 6.07) is 17.2. The van der Waals surface area contributed by atoms with Gasteiger partial charge < -0.3 is 20.6 Å². The van der Waals surface area contributed by atoms with E-state index in [1.54, 1.807) is 18.0 Å². The molecule has 1 aliphatic carbocycles. The third-order valence-electron chi connectivity index (χ3n) is 7.57. The lowest BCUT2D eigenvalue weighted by molar-refractivity contribution is 0.187. The third-order valence-corrected chi connectivity index (χ3v) is 8.47. The second kappa shape index (κ2) is 7.58. The van der Waals surface area contributed by atoms with Crippen LogP contribution in [-0.2, 0) is 6.42 Å². The highest BCUT2D eigenvalue weighted by molar-refractivity contribution is 7.99. The lowest BCUT2D eigenvalue weighted by atomic mass is 9.73. The number of hydrogen-bond donors (Lipinski definition) is 3. The van der Waals surface area contributed by atoms with Gasteiger partial charge in [0.15, 0.2) is 11.3 Å². The molecule has 2 aliphatic rings. The molecule has 1 atom stereocenters. The molecule has 1 spiro atoms. The number of aromatic nitrogens is 5. The van der Waals surface area contributed by atoms with Crippen LogP contribution in [0.3, 0.4) is 0 Å². The average molecular weight is 468 g/mol. The second-order valence-corrected chi connectivity index (χ2v) is 10.6. The molecule has 3 aromatic heterocycles. The SMILES string of the molecule is N[C@@H]1c2ccccc2CC12CCN(c1nc3ncc(Sc4ccc5cc[nH]c5c4)nc3[nH]1)CC2. The van der Waals surface area contributed by atoms with E-state index >= 15 is 0 Å². The Kier molecular flexibility index (Phi) is 4.47. The monoisotopic (exact) mass is 467 g/mol. The van der Waals surface area contributed by atoms with Crippen LogP contribution in [0.25, 0.3) is 22.2 Å². The topological polar surface area (TPSA) is 99.5 Å². The highest BCUT2D eigenvalue weighted by Gasteiger charge is 2.46. The molecule has 1 fully saturated rings. The van der Waals surface area contributed by atoms with Gasteiger partial charge in [0.05, 0.1) is 6.20 Å². The molecule has 7 rings (SSSR count). The van der Waals surface area contributed by atoms with Crippen molar-refractivity contribution in [1.29, 1.82) is 0 Å². The van der Waals surface area contributed by atoms with Gasteiger partial charge in [-0.2, -0.15) is 4.98 Å². The Morgan fingerprint density at radius 3 is 2.82 bits per heavy atom. The molecule has 4 N–H and O–H groups in total. The first-order valence-corrected chi connectivity index (χ1v) is 12.5. The number of nitrogens with one attached hydrogen (secondary N) is 2. The number of anilines is 1. The number of fused-ring (bicyclic) bond motifs is 3. The van der Waals surface area contributed by atoms with Crippen LogP contribution in [0.5, 0.6) is 0 Å². The van der Waals surface area contributed by atoms with Gasteiger partial charge in [0.2, 0.25) is 5.95 Å². The van der Waals surface area contributed by atoms with Crippen molar-refractivity contribution in [3.8, 4) is 0 Å². The van der Waals surface area contributed by atoms with Gasteiger partial charge in [-0.3, -0.25) is 0 Å². The van der Waals surface area contributed by atoms with Gasteiger partial charge in [0.1, 0.15) is 5.03 Å². The quantitative estimate of drug-likeness (QED) is 0.352. The number of nitrogens with two attached hydrogens (primary N) is 1. The van der Waals surface area contributed by atoms with Crippen molar-refractivity contribution in [2.45, 2.75) is 35.2 Å². The number of benzene rings is 2. The van der Waals surface area contributed by atoms with E-state index in [1.165, 1.54) is 16.5 Å². The summed E-state index contributed by atoms with van der Waals surface area (Å²) in [5.74, 6) is 0.851. The van der Waals surface area contributed by atoms with Crippen LogP contribution < -0.4 is 10.6 Å². The Morgan fingerprint density at radius 2 is 1.94 bits per heavy atom. The molecule has 0 amide bonds. The highest BCUT2D eigenvalue weighted by atomic mass is 32.2. The summed E-state index contributed by atoms with van der Waals surface area (Å²) in [4.78, 5) is 24.2. The zero-order chi connectivity index (χ0) is 22.7. The van der Waals surface area contributed by atoms with E-state index in [1.807, 2.05) is 6.20 Å². The number of hydrogen-bond acceptors (Lipinski definition) is 6. The summed E-state index contributed by atoms with van der Waals surface area (Å²) in [6.07, 6.45) is 6.96. The molecule has 0 unspecified atom stereocenters. The van der Waals surface area contributed by atoms with Crippen molar-refractivity contribution in [3.05, 3.63) is 72.1 Å². The van der Waals surface area contributed by atoms with E-state index in [0.29, 0.717) is 5.65 Å². The lowest BCUT2D eigenvalue weighted by Gasteiger charge is -2.42. The first kappa shape index (κ1) is 20.1. The van der Waals surface area contributed by atoms with Crippen molar-refractivity contribution >= 4 is 39.9 Å². The standard InChI is InChI=1S/C26H25N7S/c27-22-19-4-2-1-3-17(19)14-26(22)8-11-33(12-9-26)25-31-23-24(32-25)30-21(15-29-23)34-18-6-5-16-7-10-28-20(16)13-18/h1-7,10,13,15,22,28H,8-9,11-12,14,27H2,(H,29,30,31,32)/t22-/m1/s1. The van der Waals surface area contributed by atoms with Crippen molar-refractivity contribution < 1.29 is 0 Å². The number of rotatable bonds is 3. The van der Waals surface area contributed by atoms with E-state index in [2.05, 4.69) is 68.4 Å². The Balaban J connectivity index is 1.09. The summed E-state index contributed by atoms with van der Waals surface area (Å²) in [6.45, 7) is 1.86. The van der Waals surface area contributed by atoms with E-state index in [-0.39, 0.29) is 11.5 Å². The minimum atomic E-state index is 0.120. The van der Waals surface area contributed by atoms with Crippen LogP contribution in [0.4, 0.5) is 5.95 Å². The fourth-order valence-corrected chi connectivity index (χ4v) is 6.44. The summed E-state index contributed by atoms with van der Waals surface area (Å²) >= 11 is 1.60. The van der Waals surface area contributed by atoms with Crippen LogP contribution in [-0.4, -0.2) is 38.0 Å². The first-order valence-electron chi connectivity index (χ1n) is 11.7. The van der Waals surface area contributed by atoms with Gasteiger partial charge in [0.25, 0.3) is 0 Å². The van der Waals surface area contributed by atoms with Crippen molar-refractivity contribution in [1.82, 2.24) is 24.9 Å². The van der Waals surface area contributed by atoms with Crippen molar-refractivity contribution in [2.24, 2.45) is 11.1 Å². The van der Waals surface area contributed by atoms with E-state index in [4.69, 9.17) is 15.7 Å². The number of H-pyrrole nitrogens is 2. The predicted molar refractivity (Wildman–Crippen MR) is 135 cm³/mol. The van der Waals surface area contributed by atoms with Crippen LogP contribution in [0.15, 0.2) is 70.8 Å². The van der Waals surface area contributed by atoms with E-state index in [9.17, 15) is 0 Å². The van der Waals surface area contributed by atoms with E-state index < -0.39 is 0 Å². The fraction of sp³-hybridized carbons (Fsp3) is 0.269. The molecule has 0 saturated carbocycles. The summed E-state index contributed by atoms with van der Waals surface area (Å²) < 4.78 is 0. The van der Waals surface area contributed by atoms with E-state index in [0.717, 1.165) is 59.4 Å². The van der Waals surface area contributed by atoms with Gasteiger partial charge in [-0.1, -0.05) is 42.1 Å². The number of imidazole rings is 1. The molecule has 170 valence electrons. The maximum absolute atomic E-state index is 6.74. The fourth-order valence-electron chi connectivity index (χ4n) is 5.65. The van der Waals surface area contributed by atoms with Gasteiger partial charge in [0, 0.05) is 35.7 Å². The number of aromatic amines is 2. The summed E-state index contributed by atoms with van der Waals surface area (Å²) in [5.41, 5.74) is 12.2. The smallest absolute Gasteiger partial charge is 0.206 e. The molecule has 0 bridgehead atoms. The molecule has 8 heteroatoms. The van der Waals surface area contributed by atoms with Crippen molar-refractivity contribution in [2.75, 3.05) is 18.0 Å². The Bertz CT molecular complexity index is 1510. The molecule has 4 heterocycles. The maximum atomic E-state index is 6.74. The molecule has 1 saturated heterocycles. The largest absolute Gasteiger partial charge is 0.361 e. The van der Waals surface area contributed by atoms with Gasteiger partial charge >= 0.3 is 0 Å². The van der Waals surface area contributed by atoms with Crippen molar-refractivity contribution in [3.63, 3.8) is 0 Å². The molecule has 7 nitrogen and oxygen atoms in total. The van der Waals surface area contributed by atoms with Crippen LogP contribution in [0.2, 0.25) is 0 Å².